The van der Waals surface area contributed by atoms with Gasteiger partial charge in [-0.25, -0.2) is 0 Å². The highest BCUT2D eigenvalue weighted by atomic mass is 19.4. The predicted molar refractivity (Wildman–Crippen MR) is 42.6 cm³/mol. The molecule has 0 saturated heterocycles. The molecule has 1 fully saturated rings. The lowest BCUT2D eigenvalue weighted by atomic mass is 9.76. The van der Waals surface area contributed by atoms with Crippen LogP contribution in [-0.4, -0.2) is 22.8 Å². The lowest BCUT2D eigenvalue weighted by Crippen LogP contribution is -2.56. The van der Waals surface area contributed by atoms with Gasteiger partial charge in [0.15, 0.2) is 0 Å². The van der Waals surface area contributed by atoms with Gasteiger partial charge in [-0.05, 0) is 19.3 Å². The van der Waals surface area contributed by atoms with Crippen molar-refractivity contribution in [1.82, 2.24) is 0 Å². The van der Waals surface area contributed by atoms with E-state index in [0.29, 0.717) is 0 Å². The predicted octanol–water partition coefficient (Wildman–Crippen LogP) is 1.52. The normalized spacial score (nSPS) is 34.1. The van der Waals surface area contributed by atoms with Gasteiger partial charge in [-0.1, -0.05) is 6.42 Å². The van der Waals surface area contributed by atoms with Gasteiger partial charge in [0.25, 0.3) is 0 Å². The van der Waals surface area contributed by atoms with Crippen molar-refractivity contribution >= 4 is 5.97 Å². The monoisotopic (exact) mass is 211 g/mol. The van der Waals surface area contributed by atoms with Gasteiger partial charge >= 0.3 is 12.1 Å². The van der Waals surface area contributed by atoms with E-state index >= 15 is 0 Å². The third-order valence-corrected chi connectivity index (χ3v) is 2.70. The Morgan fingerprint density at radius 1 is 1.50 bits per heavy atom. The van der Waals surface area contributed by atoms with Crippen LogP contribution in [0.15, 0.2) is 0 Å². The van der Waals surface area contributed by atoms with Gasteiger partial charge in [-0.2, -0.15) is 13.2 Å². The second-order valence-electron chi connectivity index (χ2n) is 3.79. The quantitative estimate of drug-likeness (QED) is 0.691. The Bertz CT molecular complexity index is 241. The molecule has 14 heavy (non-hydrogen) atoms. The van der Waals surface area contributed by atoms with Crippen molar-refractivity contribution in [2.45, 2.75) is 37.4 Å². The number of aliphatic carboxylic acids is 1. The average Bonchev–Trinajstić information content (AvgIpc) is 2.02. The second kappa shape index (κ2) is 3.42. The van der Waals surface area contributed by atoms with E-state index in [1.807, 2.05) is 0 Å². The first kappa shape index (κ1) is 11.3. The molecule has 3 N–H and O–H groups in total. The zero-order chi connectivity index (χ0) is 11.0. The number of carboxylic acids is 1. The molecule has 1 rings (SSSR count). The van der Waals surface area contributed by atoms with Crippen molar-refractivity contribution in [3.63, 3.8) is 0 Å². The van der Waals surface area contributed by atoms with Gasteiger partial charge in [0.1, 0.15) is 5.54 Å². The molecule has 0 spiro atoms. The van der Waals surface area contributed by atoms with Crippen LogP contribution in [0.5, 0.6) is 0 Å². The zero-order valence-corrected chi connectivity index (χ0v) is 7.47. The Hall–Kier alpha value is -0.780. The summed E-state index contributed by atoms with van der Waals surface area (Å²) in [6.07, 6.45) is -4.70. The molecule has 1 aliphatic carbocycles. The molecule has 6 heteroatoms. The number of hydrogen-bond donors (Lipinski definition) is 2. The van der Waals surface area contributed by atoms with Gasteiger partial charge < -0.3 is 10.8 Å². The SMILES string of the molecule is NC1(C(F)(F)F)CCCC(C(=O)O)C1. The first-order valence-electron chi connectivity index (χ1n) is 4.35. The Morgan fingerprint density at radius 2 is 2.07 bits per heavy atom. The number of nitrogens with two attached hydrogens (primary N) is 1. The van der Waals surface area contributed by atoms with Gasteiger partial charge in [-0.15, -0.1) is 0 Å². The smallest absolute Gasteiger partial charge is 0.406 e. The van der Waals surface area contributed by atoms with E-state index in [-0.39, 0.29) is 19.3 Å². The van der Waals surface area contributed by atoms with Crippen molar-refractivity contribution in [2.24, 2.45) is 11.7 Å². The third kappa shape index (κ3) is 2.00. The van der Waals surface area contributed by atoms with Crippen molar-refractivity contribution < 1.29 is 23.1 Å². The van der Waals surface area contributed by atoms with Crippen LogP contribution in [0.4, 0.5) is 13.2 Å². The van der Waals surface area contributed by atoms with Crippen LogP contribution in [-0.2, 0) is 4.79 Å². The van der Waals surface area contributed by atoms with Crippen molar-refractivity contribution in [3.8, 4) is 0 Å². The highest BCUT2D eigenvalue weighted by Gasteiger charge is 2.54. The molecule has 2 atom stereocenters. The van der Waals surface area contributed by atoms with Crippen LogP contribution in [0.3, 0.4) is 0 Å². The maximum atomic E-state index is 12.4. The summed E-state index contributed by atoms with van der Waals surface area (Å²) in [7, 11) is 0. The molecule has 1 saturated carbocycles. The number of halogens is 3. The lowest BCUT2D eigenvalue weighted by molar-refractivity contribution is -0.199. The summed E-state index contributed by atoms with van der Waals surface area (Å²) in [5.41, 5.74) is 2.86. The van der Waals surface area contributed by atoms with Gasteiger partial charge in [-0.3, -0.25) is 4.79 Å². The summed E-state index contributed by atoms with van der Waals surface area (Å²) >= 11 is 0. The molecule has 0 radical (unpaired) electrons. The molecule has 0 amide bonds. The molecule has 0 aliphatic heterocycles. The minimum Gasteiger partial charge on any atom is -0.481 e. The van der Waals surface area contributed by atoms with E-state index in [2.05, 4.69) is 0 Å². The molecule has 0 aromatic heterocycles. The van der Waals surface area contributed by atoms with Gasteiger partial charge in [0.05, 0.1) is 5.92 Å². The van der Waals surface area contributed by atoms with E-state index in [4.69, 9.17) is 10.8 Å². The highest BCUT2D eigenvalue weighted by molar-refractivity contribution is 5.70. The van der Waals surface area contributed by atoms with Crippen LogP contribution < -0.4 is 5.73 Å². The molecular formula is C8H12F3NO2. The minimum absolute atomic E-state index is 0.180. The molecule has 2 unspecified atom stereocenters. The van der Waals surface area contributed by atoms with Gasteiger partial charge in [0, 0.05) is 0 Å². The van der Waals surface area contributed by atoms with Crippen LogP contribution in [0, 0.1) is 5.92 Å². The van der Waals surface area contributed by atoms with E-state index in [1.165, 1.54) is 0 Å². The largest absolute Gasteiger partial charge is 0.481 e. The third-order valence-electron chi connectivity index (χ3n) is 2.70. The molecule has 0 bridgehead atoms. The number of carboxylic acid groups (broad SMARTS) is 1. The number of alkyl halides is 3. The van der Waals surface area contributed by atoms with Crippen LogP contribution in [0.1, 0.15) is 25.7 Å². The molecule has 82 valence electrons. The Labute approximate surface area is 79.1 Å². The van der Waals surface area contributed by atoms with Crippen LogP contribution in [0.2, 0.25) is 0 Å². The van der Waals surface area contributed by atoms with Crippen LogP contribution in [0.25, 0.3) is 0 Å². The topological polar surface area (TPSA) is 63.3 Å². The van der Waals surface area contributed by atoms with E-state index in [1.54, 1.807) is 0 Å². The van der Waals surface area contributed by atoms with E-state index < -0.39 is 30.0 Å². The first-order valence-corrected chi connectivity index (χ1v) is 4.35. The Balaban J connectivity index is 2.77. The second-order valence-corrected chi connectivity index (χ2v) is 3.79. The van der Waals surface area contributed by atoms with Crippen molar-refractivity contribution in [1.29, 1.82) is 0 Å². The number of rotatable bonds is 1. The summed E-state index contributed by atoms with van der Waals surface area (Å²) in [5.74, 6) is -2.15. The Kier molecular flexibility index (Phi) is 2.76. The maximum Gasteiger partial charge on any atom is 0.406 e. The number of carbonyl (C=O) groups is 1. The highest BCUT2D eigenvalue weighted by Crippen LogP contribution is 2.41. The standard InChI is InChI=1S/C8H12F3NO2/c9-8(10,11)7(12)3-1-2-5(4-7)6(13)14/h5H,1-4,12H2,(H,13,14). The summed E-state index contributed by atoms with van der Waals surface area (Å²) in [4.78, 5) is 10.5. The Morgan fingerprint density at radius 3 is 2.50 bits per heavy atom. The summed E-state index contributed by atoms with van der Waals surface area (Å²) < 4.78 is 37.3. The molecule has 0 aromatic rings. The van der Waals surface area contributed by atoms with Crippen molar-refractivity contribution in [3.05, 3.63) is 0 Å². The molecule has 1 aliphatic rings. The van der Waals surface area contributed by atoms with Crippen LogP contribution >= 0.6 is 0 Å². The van der Waals surface area contributed by atoms with E-state index in [0.717, 1.165) is 0 Å². The molecular weight excluding hydrogens is 199 g/mol. The molecule has 0 aromatic carbocycles. The fourth-order valence-corrected chi connectivity index (χ4v) is 1.78. The fraction of sp³-hybridized carbons (Fsp3) is 0.875. The maximum absolute atomic E-state index is 12.4. The fourth-order valence-electron chi connectivity index (χ4n) is 1.78. The molecule has 0 heterocycles. The summed E-state index contributed by atoms with van der Waals surface area (Å²) in [5, 5.41) is 8.61. The van der Waals surface area contributed by atoms with Crippen molar-refractivity contribution in [2.75, 3.05) is 0 Å². The number of hydrogen-bond acceptors (Lipinski definition) is 2. The summed E-state index contributed by atoms with van der Waals surface area (Å²) in [6.45, 7) is 0. The summed E-state index contributed by atoms with van der Waals surface area (Å²) in [6, 6.07) is 0. The first-order chi connectivity index (χ1) is 6.26. The zero-order valence-electron chi connectivity index (χ0n) is 7.47. The minimum atomic E-state index is -4.51. The molecule has 3 nitrogen and oxygen atoms in total. The van der Waals surface area contributed by atoms with E-state index in [9.17, 15) is 18.0 Å². The average molecular weight is 211 g/mol. The van der Waals surface area contributed by atoms with Gasteiger partial charge in [0.2, 0.25) is 0 Å². The lowest BCUT2D eigenvalue weighted by Gasteiger charge is -2.37.